The third-order valence-electron chi connectivity index (χ3n) is 2.76. The Bertz CT molecular complexity index is 511. The number of nitrogen functional groups attached to an aromatic ring is 1. The Morgan fingerprint density at radius 1 is 1.12 bits per heavy atom. The lowest BCUT2D eigenvalue weighted by Crippen LogP contribution is -2.12. The van der Waals surface area contributed by atoms with E-state index < -0.39 is 9.84 Å². The number of hydrogen-bond acceptors (Lipinski definition) is 5. The van der Waals surface area contributed by atoms with Crippen LogP contribution in [0.15, 0.2) is 5.03 Å². The first-order valence-electron chi connectivity index (χ1n) is 5.34. The molecular weight excluding hydrogens is 226 g/mol. The Labute approximate surface area is 95.0 Å². The molecule has 1 aliphatic rings. The van der Waals surface area contributed by atoms with Crippen LogP contribution in [0.2, 0.25) is 0 Å². The number of aromatic nitrogens is 2. The third kappa shape index (κ3) is 2.16. The molecule has 2 rings (SSSR count). The molecule has 0 fully saturated rings. The van der Waals surface area contributed by atoms with Gasteiger partial charge in [-0.1, -0.05) is 6.42 Å². The number of anilines is 1. The summed E-state index contributed by atoms with van der Waals surface area (Å²) in [5, 5.41) is 0.122. The molecule has 16 heavy (non-hydrogen) atoms. The van der Waals surface area contributed by atoms with E-state index >= 15 is 0 Å². The first kappa shape index (κ1) is 11.3. The second kappa shape index (κ2) is 4.01. The van der Waals surface area contributed by atoms with Crippen molar-refractivity contribution in [2.75, 3.05) is 12.0 Å². The summed E-state index contributed by atoms with van der Waals surface area (Å²) in [5.41, 5.74) is 7.13. The van der Waals surface area contributed by atoms with Gasteiger partial charge in [-0.2, -0.15) is 0 Å². The second-order valence-corrected chi connectivity index (χ2v) is 6.08. The summed E-state index contributed by atoms with van der Waals surface area (Å²) in [6, 6.07) is 0. The second-order valence-electron chi connectivity index (χ2n) is 4.15. The van der Waals surface area contributed by atoms with E-state index in [1.165, 1.54) is 6.26 Å². The van der Waals surface area contributed by atoms with Gasteiger partial charge in [0.2, 0.25) is 5.95 Å². The molecule has 0 spiro atoms. The molecule has 0 unspecified atom stereocenters. The van der Waals surface area contributed by atoms with Gasteiger partial charge in [0.25, 0.3) is 0 Å². The third-order valence-corrected chi connectivity index (χ3v) is 3.80. The van der Waals surface area contributed by atoms with Crippen LogP contribution in [0, 0.1) is 0 Å². The largest absolute Gasteiger partial charge is 0.368 e. The fourth-order valence-corrected chi connectivity index (χ4v) is 2.99. The lowest BCUT2D eigenvalue weighted by Gasteiger charge is -2.09. The quantitative estimate of drug-likeness (QED) is 0.578. The zero-order valence-corrected chi connectivity index (χ0v) is 10.0. The summed E-state index contributed by atoms with van der Waals surface area (Å²) < 4.78 is 23.2. The highest BCUT2D eigenvalue weighted by Crippen LogP contribution is 2.24. The van der Waals surface area contributed by atoms with Crippen LogP contribution < -0.4 is 5.73 Å². The van der Waals surface area contributed by atoms with Gasteiger partial charge in [0, 0.05) is 11.8 Å². The fraction of sp³-hybridized carbons (Fsp3) is 0.600. The first-order chi connectivity index (χ1) is 7.48. The Hall–Kier alpha value is -1.17. The van der Waals surface area contributed by atoms with Crippen molar-refractivity contribution in [2.45, 2.75) is 37.1 Å². The van der Waals surface area contributed by atoms with Crippen molar-refractivity contribution in [1.29, 1.82) is 0 Å². The zero-order valence-electron chi connectivity index (χ0n) is 9.23. The van der Waals surface area contributed by atoms with Crippen LogP contribution in [-0.2, 0) is 22.7 Å². The molecule has 0 aromatic carbocycles. The Balaban J connectivity index is 2.65. The highest BCUT2D eigenvalue weighted by Gasteiger charge is 2.21. The fourth-order valence-electron chi connectivity index (χ4n) is 2.06. The average Bonchev–Trinajstić information content (AvgIpc) is 2.39. The van der Waals surface area contributed by atoms with Crippen molar-refractivity contribution in [3.8, 4) is 0 Å². The van der Waals surface area contributed by atoms with E-state index in [4.69, 9.17) is 5.73 Å². The smallest absolute Gasteiger partial charge is 0.221 e. The molecule has 1 aliphatic carbocycles. The lowest BCUT2D eigenvalue weighted by molar-refractivity contribution is 0.595. The van der Waals surface area contributed by atoms with Gasteiger partial charge in [-0.3, -0.25) is 0 Å². The molecule has 0 amide bonds. The monoisotopic (exact) mass is 241 g/mol. The van der Waals surface area contributed by atoms with Crippen LogP contribution in [0.5, 0.6) is 0 Å². The van der Waals surface area contributed by atoms with Gasteiger partial charge in [0.05, 0.1) is 5.69 Å². The molecule has 0 saturated carbocycles. The normalized spacial score (nSPS) is 16.6. The number of aryl methyl sites for hydroxylation is 1. The molecule has 5 nitrogen and oxygen atoms in total. The minimum atomic E-state index is -3.31. The summed E-state index contributed by atoms with van der Waals surface area (Å²) in [6.07, 6.45) is 5.82. The Morgan fingerprint density at radius 2 is 1.81 bits per heavy atom. The molecular formula is C10H15N3O2S. The van der Waals surface area contributed by atoms with Crippen LogP contribution in [0.1, 0.15) is 30.5 Å². The standard InChI is InChI=1S/C10H15N3O2S/c1-16(14,15)9-7-5-3-2-4-6-8(7)12-10(11)13-9/h2-6H2,1H3,(H2,11,12,13). The van der Waals surface area contributed by atoms with Gasteiger partial charge in [-0.25, -0.2) is 18.4 Å². The van der Waals surface area contributed by atoms with E-state index in [-0.39, 0.29) is 11.0 Å². The summed E-state index contributed by atoms with van der Waals surface area (Å²) >= 11 is 0. The first-order valence-corrected chi connectivity index (χ1v) is 7.23. The molecule has 0 atom stereocenters. The van der Waals surface area contributed by atoms with E-state index in [0.717, 1.165) is 43.4 Å². The number of sulfone groups is 1. The lowest BCUT2D eigenvalue weighted by atomic mass is 10.1. The summed E-state index contributed by atoms with van der Waals surface area (Å²) in [7, 11) is -3.31. The van der Waals surface area contributed by atoms with Crippen molar-refractivity contribution < 1.29 is 8.42 Å². The van der Waals surface area contributed by atoms with Crippen molar-refractivity contribution in [3.05, 3.63) is 11.3 Å². The zero-order chi connectivity index (χ0) is 11.8. The molecule has 0 radical (unpaired) electrons. The van der Waals surface area contributed by atoms with E-state index in [9.17, 15) is 8.42 Å². The molecule has 0 aliphatic heterocycles. The maximum atomic E-state index is 11.6. The maximum Gasteiger partial charge on any atom is 0.221 e. The number of hydrogen-bond donors (Lipinski definition) is 1. The molecule has 1 aromatic rings. The summed E-state index contributed by atoms with van der Waals surface area (Å²) in [5.74, 6) is 0.0566. The number of nitrogens with two attached hydrogens (primary N) is 1. The van der Waals surface area contributed by atoms with Crippen LogP contribution >= 0.6 is 0 Å². The number of rotatable bonds is 1. The van der Waals surface area contributed by atoms with Crippen molar-refractivity contribution in [1.82, 2.24) is 9.97 Å². The van der Waals surface area contributed by atoms with E-state index in [1.807, 2.05) is 0 Å². The maximum absolute atomic E-state index is 11.6. The minimum Gasteiger partial charge on any atom is -0.368 e. The highest BCUT2D eigenvalue weighted by molar-refractivity contribution is 7.90. The van der Waals surface area contributed by atoms with Gasteiger partial charge in [0.1, 0.15) is 0 Å². The van der Waals surface area contributed by atoms with Crippen molar-refractivity contribution >= 4 is 15.8 Å². The predicted octanol–water partition coefficient (Wildman–Crippen LogP) is 0.731. The molecule has 88 valence electrons. The van der Waals surface area contributed by atoms with E-state index in [1.54, 1.807) is 0 Å². The van der Waals surface area contributed by atoms with Crippen LogP contribution in [0.3, 0.4) is 0 Å². The van der Waals surface area contributed by atoms with Gasteiger partial charge >= 0.3 is 0 Å². The molecule has 0 saturated heterocycles. The average molecular weight is 241 g/mol. The molecule has 0 bridgehead atoms. The minimum absolute atomic E-state index is 0.0566. The van der Waals surface area contributed by atoms with Crippen LogP contribution in [0.25, 0.3) is 0 Å². The summed E-state index contributed by atoms with van der Waals surface area (Å²) in [4.78, 5) is 8.03. The molecule has 2 N–H and O–H groups in total. The molecule has 6 heteroatoms. The highest BCUT2D eigenvalue weighted by atomic mass is 32.2. The van der Waals surface area contributed by atoms with Crippen molar-refractivity contribution in [3.63, 3.8) is 0 Å². The van der Waals surface area contributed by atoms with Gasteiger partial charge in [-0.05, 0) is 25.7 Å². The van der Waals surface area contributed by atoms with Crippen LogP contribution in [0.4, 0.5) is 5.95 Å². The van der Waals surface area contributed by atoms with Gasteiger partial charge < -0.3 is 5.73 Å². The summed E-state index contributed by atoms with van der Waals surface area (Å²) in [6.45, 7) is 0. The van der Waals surface area contributed by atoms with E-state index in [2.05, 4.69) is 9.97 Å². The molecule has 1 heterocycles. The van der Waals surface area contributed by atoms with Crippen molar-refractivity contribution in [2.24, 2.45) is 0 Å². The Morgan fingerprint density at radius 3 is 2.50 bits per heavy atom. The van der Waals surface area contributed by atoms with E-state index in [0.29, 0.717) is 0 Å². The van der Waals surface area contributed by atoms with Crippen LogP contribution in [-0.4, -0.2) is 24.6 Å². The van der Waals surface area contributed by atoms with Gasteiger partial charge in [-0.15, -0.1) is 0 Å². The Kier molecular flexibility index (Phi) is 2.84. The number of fused-ring (bicyclic) bond motifs is 1. The number of nitrogens with zero attached hydrogens (tertiary/aromatic N) is 2. The van der Waals surface area contributed by atoms with Gasteiger partial charge in [0.15, 0.2) is 14.9 Å². The predicted molar refractivity (Wildman–Crippen MR) is 60.8 cm³/mol. The topological polar surface area (TPSA) is 85.9 Å². The molecule has 1 aromatic heterocycles. The SMILES string of the molecule is CS(=O)(=O)c1nc(N)nc2c1CCCCC2.